The van der Waals surface area contributed by atoms with Gasteiger partial charge in [-0.05, 0) is 30.4 Å². The van der Waals surface area contributed by atoms with Crippen LogP contribution in [-0.2, 0) is 6.42 Å². The molecule has 1 fully saturated rings. The lowest BCUT2D eigenvalue weighted by Crippen LogP contribution is -2.09. The predicted octanol–water partition coefficient (Wildman–Crippen LogP) is 4.79. The zero-order valence-corrected chi connectivity index (χ0v) is 11.5. The van der Waals surface area contributed by atoms with Crippen molar-refractivity contribution in [3.8, 4) is 0 Å². The Labute approximate surface area is 111 Å². The Morgan fingerprint density at radius 1 is 1.22 bits per heavy atom. The van der Waals surface area contributed by atoms with E-state index in [4.69, 9.17) is 0 Å². The zero-order chi connectivity index (χ0) is 12.8. The molecule has 0 aromatic heterocycles. The van der Waals surface area contributed by atoms with Gasteiger partial charge in [0.15, 0.2) is 5.78 Å². The molecule has 1 heteroatoms. The molecule has 1 aromatic carbocycles. The molecule has 0 N–H and O–H groups in total. The summed E-state index contributed by atoms with van der Waals surface area (Å²) in [4.78, 5) is 12.2. The molecule has 0 radical (unpaired) electrons. The molecule has 0 spiro atoms. The molecule has 0 amide bonds. The van der Waals surface area contributed by atoms with E-state index in [1.165, 1.54) is 37.7 Å². The first-order valence-electron chi connectivity index (χ1n) is 7.41. The molecule has 2 rings (SSSR count). The van der Waals surface area contributed by atoms with Crippen molar-refractivity contribution >= 4 is 5.78 Å². The Bertz CT molecular complexity index is 388. The lowest BCUT2D eigenvalue weighted by Gasteiger charge is -2.20. The highest BCUT2D eigenvalue weighted by atomic mass is 16.1. The maximum atomic E-state index is 12.2. The largest absolute Gasteiger partial charge is 0.294 e. The van der Waals surface area contributed by atoms with Crippen molar-refractivity contribution in [2.75, 3.05) is 0 Å². The van der Waals surface area contributed by atoms with Crippen LogP contribution in [0.1, 0.15) is 67.8 Å². The van der Waals surface area contributed by atoms with Crippen molar-refractivity contribution in [3.05, 3.63) is 35.4 Å². The zero-order valence-electron chi connectivity index (χ0n) is 11.5. The third-order valence-electron chi connectivity index (χ3n) is 4.16. The van der Waals surface area contributed by atoms with E-state index in [1.54, 1.807) is 0 Å². The molecule has 0 heterocycles. The number of benzene rings is 1. The van der Waals surface area contributed by atoms with Gasteiger partial charge in [-0.25, -0.2) is 0 Å². The summed E-state index contributed by atoms with van der Waals surface area (Å²) in [5.74, 6) is 1.13. The van der Waals surface area contributed by atoms with Crippen molar-refractivity contribution in [3.63, 3.8) is 0 Å². The van der Waals surface area contributed by atoms with Gasteiger partial charge in [0, 0.05) is 12.0 Å². The van der Waals surface area contributed by atoms with Crippen LogP contribution in [0.4, 0.5) is 0 Å². The smallest absolute Gasteiger partial charge is 0.162 e. The molecular formula is C17H24O. The molecule has 0 unspecified atom stereocenters. The monoisotopic (exact) mass is 244 g/mol. The van der Waals surface area contributed by atoms with Crippen LogP contribution in [-0.4, -0.2) is 5.78 Å². The van der Waals surface area contributed by atoms with Crippen LogP contribution in [0.25, 0.3) is 0 Å². The minimum Gasteiger partial charge on any atom is -0.294 e. The molecule has 1 aromatic rings. The quantitative estimate of drug-likeness (QED) is 0.680. The lowest BCUT2D eigenvalue weighted by molar-refractivity contribution is 0.0970. The fourth-order valence-electron chi connectivity index (χ4n) is 2.92. The highest BCUT2D eigenvalue weighted by Crippen LogP contribution is 2.27. The van der Waals surface area contributed by atoms with Crippen molar-refractivity contribution in [2.45, 2.75) is 58.3 Å². The van der Waals surface area contributed by atoms with E-state index in [-0.39, 0.29) is 0 Å². The first kappa shape index (κ1) is 13.3. The van der Waals surface area contributed by atoms with E-state index in [0.29, 0.717) is 5.78 Å². The number of hydrogen-bond donors (Lipinski definition) is 0. The molecule has 1 aliphatic rings. The summed E-state index contributed by atoms with van der Waals surface area (Å²) in [6.45, 7) is 2.13. The summed E-state index contributed by atoms with van der Waals surface area (Å²) >= 11 is 0. The van der Waals surface area contributed by atoms with Crippen molar-refractivity contribution in [1.29, 1.82) is 0 Å². The summed E-state index contributed by atoms with van der Waals surface area (Å²) in [5, 5.41) is 0. The summed E-state index contributed by atoms with van der Waals surface area (Å²) in [6.07, 6.45) is 9.62. The van der Waals surface area contributed by atoms with Gasteiger partial charge in [-0.15, -0.1) is 0 Å². The normalized spacial score (nSPS) is 16.7. The van der Waals surface area contributed by atoms with Gasteiger partial charge in [0.2, 0.25) is 0 Å². The fraction of sp³-hybridized carbons (Fsp3) is 0.588. The van der Waals surface area contributed by atoms with Crippen LogP contribution in [0.3, 0.4) is 0 Å². The Balaban J connectivity index is 1.86. The Hall–Kier alpha value is -1.11. The number of Topliss-reactive ketones (excluding diaryl/α,β-unsaturated/α-hetero) is 1. The van der Waals surface area contributed by atoms with E-state index in [1.807, 2.05) is 12.1 Å². The predicted molar refractivity (Wildman–Crippen MR) is 76.0 cm³/mol. The Morgan fingerprint density at radius 3 is 2.72 bits per heavy atom. The van der Waals surface area contributed by atoms with Crippen LogP contribution >= 0.6 is 0 Å². The van der Waals surface area contributed by atoms with E-state index >= 15 is 0 Å². The van der Waals surface area contributed by atoms with E-state index in [9.17, 15) is 4.79 Å². The van der Waals surface area contributed by atoms with Gasteiger partial charge in [-0.2, -0.15) is 0 Å². The van der Waals surface area contributed by atoms with Crippen LogP contribution < -0.4 is 0 Å². The molecule has 98 valence electrons. The first-order valence-corrected chi connectivity index (χ1v) is 7.41. The number of ketones is 1. The molecule has 0 atom stereocenters. The molecular weight excluding hydrogens is 220 g/mol. The number of carbonyl (C=O) groups excluding carboxylic acids is 1. The summed E-state index contributed by atoms with van der Waals surface area (Å²) in [6, 6.07) is 8.12. The summed E-state index contributed by atoms with van der Waals surface area (Å²) in [5.41, 5.74) is 2.17. The fourth-order valence-corrected chi connectivity index (χ4v) is 2.92. The van der Waals surface area contributed by atoms with Crippen molar-refractivity contribution < 1.29 is 4.79 Å². The number of carbonyl (C=O) groups is 1. The third-order valence-corrected chi connectivity index (χ3v) is 4.16. The minimum absolute atomic E-state index is 0.330. The number of hydrogen-bond acceptors (Lipinski definition) is 1. The minimum atomic E-state index is 0.330. The maximum Gasteiger partial charge on any atom is 0.162 e. The van der Waals surface area contributed by atoms with Crippen LogP contribution in [0.5, 0.6) is 0 Å². The van der Waals surface area contributed by atoms with Gasteiger partial charge in [0.1, 0.15) is 0 Å². The van der Waals surface area contributed by atoms with Gasteiger partial charge in [0.05, 0.1) is 0 Å². The van der Waals surface area contributed by atoms with Gasteiger partial charge < -0.3 is 0 Å². The molecule has 0 bridgehead atoms. The summed E-state index contributed by atoms with van der Waals surface area (Å²) < 4.78 is 0. The second-order valence-corrected chi connectivity index (χ2v) is 5.52. The molecule has 18 heavy (non-hydrogen) atoms. The molecule has 0 aliphatic heterocycles. The molecule has 1 saturated carbocycles. The van der Waals surface area contributed by atoms with Crippen molar-refractivity contribution in [2.24, 2.45) is 5.92 Å². The highest BCUT2D eigenvalue weighted by molar-refractivity contribution is 5.96. The lowest BCUT2D eigenvalue weighted by atomic mass is 9.85. The van der Waals surface area contributed by atoms with Gasteiger partial charge in [0.25, 0.3) is 0 Å². The average Bonchev–Trinajstić information content (AvgIpc) is 2.46. The van der Waals surface area contributed by atoms with Gasteiger partial charge in [-0.1, -0.05) is 57.2 Å². The second-order valence-electron chi connectivity index (χ2n) is 5.52. The maximum absolute atomic E-state index is 12.2. The summed E-state index contributed by atoms with van der Waals surface area (Å²) in [7, 11) is 0. The second kappa shape index (κ2) is 6.72. The molecule has 0 saturated heterocycles. The Kier molecular flexibility index (Phi) is 4.98. The highest BCUT2D eigenvalue weighted by Gasteiger charge is 2.15. The molecule has 1 aliphatic carbocycles. The Morgan fingerprint density at radius 2 is 2.00 bits per heavy atom. The van der Waals surface area contributed by atoms with Gasteiger partial charge in [-0.3, -0.25) is 4.79 Å². The average molecular weight is 244 g/mol. The van der Waals surface area contributed by atoms with Crippen molar-refractivity contribution in [1.82, 2.24) is 0 Å². The van der Waals surface area contributed by atoms with Crippen LogP contribution in [0, 0.1) is 5.92 Å². The SMILES string of the molecule is CCc1cccc(C(=O)CCC2CCCCC2)c1. The van der Waals surface area contributed by atoms with Gasteiger partial charge >= 0.3 is 0 Å². The topological polar surface area (TPSA) is 17.1 Å². The van der Waals surface area contributed by atoms with E-state index in [2.05, 4.69) is 19.1 Å². The van der Waals surface area contributed by atoms with Crippen LogP contribution in [0.2, 0.25) is 0 Å². The third kappa shape index (κ3) is 3.69. The standard InChI is InChI=1S/C17H24O/c1-2-14-9-6-10-16(13-14)17(18)12-11-15-7-4-3-5-8-15/h6,9-10,13,15H,2-5,7-8,11-12H2,1H3. The number of aryl methyl sites for hydroxylation is 1. The van der Waals surface area contributed by atoms with E-state index < -0.39 is 0 Å². The molecule has 1 nitrogen and oxygen atoms in total. The first-order chi connectivity index (χ1) is 8.79. The van der Waals surface area contributed by atoms with E-state index in [0.717, 1.165) is 30.7 Å². The van der Waals surface area contributed by atoms with Crippen LogP contribution in [0.15, 0.2) is 24.3 Å². The number of rotatable bonds is 5.